The molecule has 22 heavy (non-hydrogen) atoms. The number of nitrogens with zero attached hydrogens (tertiary/aromatic N) is 2. The molecule has 0 radical (unpaired) electrons. The molecule has 0 bridgehead atoms. The van der Waals surface area contributed by atoms with Gasteiger partial charge in [-0.25, -0.2) is 4.98 Å². The van der Waals surface area contributed by atoms with Crippen molar-refractivity contribution in [1.29, 1.82) is 0 Å². The van der Waals surface area contributed by atoms with E-state index >= 15 is 0 Å². The van der Waals surface area contributed by atoms with Crippen molar-refractivity contribution in [2.45, 2.75) is 13.1 Å². The first-order valence-corrected chi connectivity index (χ1v) is 7.24. The zero-order valence-electron chi connectivity index (χ0n) is 12.6. The maximum atomic E-state index is 5.72. The van der Waals surface area contributed by atoms with Crippen molar-refractivity contribution in [3.05, 3.63) is 72.1 Å². The lowest BCUT2D eigenvalue weighted by Gasteiger charge is -2.11. The highest BCUT2D eigenvalue weighted by Gasteiger charge is 2.11. The Labute approximate surface area is 130 Å². The molecule has 0 saturated heterocycles. The number of nitrogens with two attached hydrogens (primary N) is 1. The molecule has 3 aromatic rings. The minimum absolute atomic E-state index is 0.553. The molecule has 1 heterocycles. The predicted molar refractivity (Wildman–Crippen MR) is 87.7 cm³/mol. The maximum Gasteiger partial charge on any atom is 0.143 e. The molecule has 1 aromatic heterocycles. The van der Waals surface area contributed by atoms with Crippen molar-refractivity contribution in [2.24, 2.45) is 5.73 Å². The van der Waals surface area contributed by atoms with Gasteiger partial charge in [0.25, 0.3) is 0 Å². The second-order valence-electron chi connectivity index (χ2n) is 5.10. The van der Waals surface area contributed by atoms with E-state index in [9.17, 15) is 0 Å². The molecular formula is C18H19N3O. The van der Waals surface area contributed by atoms with Crippen LogP contribution in [0.15, 0.2) is 60.9 Å². The van der Waals surface area contributed by atoms with Crippen LogP contribution < -0.4 is 10.5 Å². The first kappa shape index (κ1) is 14.4. The lowest BCUT2D eigenvalue weighted by atomic mass is 10.1. The Morgan fingerprint density at radius 1 is 1.09 bits per heavy atom. The van der Waals surface area contributed by atoms with E-state index in [1.165, 1.54) is 5.56 Å². The first-order chi connectivity index (χ1) is 10.8. The van der Waals surface area contributed by atoms with Gasteiger partial charge < -0.3 is 15.0 Å². The molecule has 4 nitrogen and oxygen atoms in total. The molecule has 0 unspecified atom stereocenters. The summed E-state index contributed by atoms with van der Waals surface area (Å²) >= 11 is 0. The van der Waals surface area contributed by atoms with E-state index in [4.69, 9.17) is 10.5 Å². The van der Waals surface area contributed by atoms with Crippen LogP contribution >= 0.6 is 0 Å². The summed E-state index contributed by atoms with van der Waals surface area (Å²) in [6.45, 7) is 1.30. The Hall–Kier alpha value is -2.59. The largest absolute Gasteiger partial charge is 0.496 e. The topological polar surface area (TPSA) is 53.1 Å². The van der Waals surface area contributed by atoms with Crippen molar-refractivity contribution in [1.82, 2.24) is 9.55 Å². The Morgan fingerprint density at radius 3 is 2.73 bits per heavy atom. The van der Waals surface area contributed by atoms with Crippen LogP contribution in [0.2, 0.25) is 0 Å². The Kier molecular flexibility index (Phi) is 4.21. The van der Waals surface area contributed by atoms with Gasteiger partial charge in [-0.15, -0.1) is 0 Å². The fourth-order valence-corrected chi connectivity index (χ4v) is 2.56. The van der Waals surface area contributed by atoms with Crippen LogP contribution in [0.4, 0.5) is 0 Å². The molecular weight excluding hydrogens is 274 g/mol. The van der Waals surface area contributed by atoms with Gasteiger partial charge in [-0.2, -0.15) is 0 Å². The highest BCUT2D eigenvalue weighted by Crippen LogP contribution is 2.28. The van der Waals surface area contributed by atoms with Crippen LogP contribution in [0.3, 0.4) is 0 Å². The van der Waals surface area contributed by atoms with E-state index in [0.29, 0.717) is 6.54 Å². The summed E-state index contributed by atoms with van der Waals surface area (Å²) in [5.74, 6) is 1.72. The van der Waals surface area contributed by atoms with Crippen LogP contribution in [0.5, 0.6) is 5.75 Å². The summed E-state index contributed by atoms with van der Waals surface area (Å²) in [7, 11) is 1.68. The van der Waals surface area contributed by atoms with E-state index in [-0.39, 0.29) is 0 Å². The smallest absolute Gasteiger partial charge is 0.143 e. The highest BCUT2D eigenvalue weighted by molar-refractivity contribution is 5.64. The fourth-order valence-electron chi connectivity index (χ4n) is 2.56. The summed E-state index contributed by atoms with van der Waals surface area (Å²) in [5.41, 5.74) is 9.05. The predicted octanol–water partition coefficient (Wildman–Crippen LogP) is 3.07. The van der Waals surface area contributed by atoms with Crippen LogP contribution in [-0.4, -0.2) is 16.7 Å². The molecule has 2 N–H and O–H groups in total. The minimum atomic E-state index is 0.553. The van der Waals surface area contributed by atoms with E-state index in [2.05, 4.69) is 21.7 Å². The quantitative estimate of drug-likeness (QED) is 0.786. The summed E-state index contributed by atoms with van der Waals surface area (Å²) in [4.78, 5) is 4.49. The zero-order valence-corrected chi connectivity index (χ0v) is 12.6. The molecule has 0 aliphatic carbocycles. The summed E-state index contributed by atoms with van der Waals surface area (Å²) in [6, 6.07) is 16.2. The number of imidazole rings is 1. The Morgan fingerprint density at radius 2 is 1.91 bits per heavy atom. The number of rotatable bonds is 5. The monoisotopic (exact) mass is 293 g/mol. The van der Waals surface area contributed by atoms with E-state index < -0.39 is 0 Å². The third-order valence-electron chi connectivity index (χ3n) is 3.64. The molecule has 0 amide bonds. The number of hydrogen-bond donors (Lipinski definition) is 1. The van der Waals surface area contributed by atoms with E-state index in [1.54, 1.807) is 7.11 Å². The minimum Gasteiger partial charge on any atom is -0.496 e. The number of benzene rings is 2. The van der Waals surface area contributed by atoms with Gasteiger partial charge in [0.2, 0.25) is 0 Å². The van der Waals surface area contributed by atoms with E-state index in [1.807, 2.05) is 48.8 Å². The van der Waals surface area contributed by atoms with Gasteiger partial charge in [-0.1, -0.05) is 36.4 Å². The molecule has 2 aromatic carbocycles. The number of ether oxygens (including phenoxy) is 1. The van der Waals surface area contributed by atoms with Crippen LogP contribution in [-0.2, 0) is 13.1 Å². The molecule has 0 fully saturated rings. The van der Waals surface area contributed by atoms with Crippen molar-refractivity contribution in [3.63, 3.8) is 0 Å². The standard InChI is InChI=1S/C18H19N3O/c1-22-17-8-3-2-7-16(17)18-20-9-10-21(18)13-15-6-4-5-14(11-15)12-19/h2-11H,12-13,19H2,1H3. The molecule has 4 heteroatoms. The van der Waals surface area contributed by atoms with Crippen molar-refractivity contribution >= 4 is 0 Å². The molecule has 112 valence electrons. The van der Waals surface area contributed by atoms with Gasteiger partial charge >= 0.3 is 0 Å². The normalized spacial score (nSPS) is 10.6. The molecule has 3 rings (SSSR count). The highest BCUT2D eigenvalue weighted by atomic mass is 16.5. The number of methoxy groups -OCH3 is 1. The number of para-hydroxylation sites is 1. The molecule has 0 atom stereocenters. The third kappa shape index (κ3) is 2.87. The zero-order chi connectivity index (χ0) is 15.4. The Balaban J connectivity index is 1.95. The van der Waals surface area contributed by atoms with Gasteiger partial charge in [-0.3, -0.25) is 0 Å². The van der Waals surface area contributed by atoms with Crippen LogP contribution in [0.1, 0.15) is 11.1 Å². The maximum absolute atomic E-state index is 5.72. The average molecular weight is 293 g/mol. The number of hydrogen-bond acceptors (Lipinski definition) is 3. The second kappa shape index (κ2) is 6.45. The lowest BCUT2D eigenvalue weighted by Crippen LogP contribution is -2.03. The van der Waals surface area contributed by atoms with E-state index in [0.717, 1.165) is 29.2 Å². The lowest BCUT2D eigenvalue weighted by molar-refractivity contribution is 0.416. The van der Waals surface area contributed by atoms with Gasteiger partial charge in [0.1, 0.15) is 11.6 Å². The molecule has 0 aliphatic heterocycles. The average Bonchev–Trinajstić information content (AvgIpc) is 3.03. The van der Waals surface area contributed by atoms with Gasteiger partial charge in [-0.05, 0) is 23.3 Å². The van der Waals surface area contributed by atoms with Gasteiger partial charge in [0.05, 0.1) is 12.7 Å². The SMILES string of the molecule is COc1ccccc1-c1nccn1Cc1cccc(CN)c1. The summed E-state index contributed by atoms with van der Waals surface area (Å²) in [6.07, 6.45) is 3.80. The fraction of sp³-hybridized carbons (Fsp3) is 0.167. The van der Waals surface area contributed by atoms with Crippen LogP contribution in [0, 0.1) is 0 Å². The molecule has 0 saturated carbocycles. The van der Waals surface area contributed by atoms with Crippen molar-refractivity contribution < 1.29 is 4.74 Å². The summed E-state index contributed by atoms with van der Waals surface area (Å²) < 4.78 is 7.56. The Bertz CT molecular complexity index is 764. The molecule has 0 spiro atoms. The third-order valence-corrected chi connectivity index (χ3v) is 3.64. The number of aromatic nitrogens is 2. The van der Waals surface area contributed by atoms with Gasteiger partial charge in [0, 0.05) is 25.5 Å². The molecule has 0 aliphatic rings. The van der Waals surface area contributed by atoms with Gasteiger partial charge in [0.15, 0.2) is 0 Å². The van der Waals surface area contributed by atoms with Crippen molar-refractivity contribution in [2.75, 3.05) is 7.11 Å². The van der Waals surface area contributed by atoms with Crippen LogP contribution in [0.25, 0.3) is 11.4 Å². The summed E-state index contributed by atoms with van der Waals surface area (Å²) in [5, 5.41) is 0. The first-order valence-electron chi connectivity index (χ1n) is 7.24. The van der Waals surface area contributed by atoms with Crippen molar-refractivity contribution in [3.8, 4) is 17.1 Å². The second-order valence-corrected chi connectivity index (χ2v) is 5.10.